The second kappa shape index (κ2) is 7.45. The van der Waals surface area contributed by atoms with E-state index >= 15 is 0 Å². The number of nitrogens with zero attached hydrogens (tertiary/aromatic N) is 4. The lowest BCUT2D eigenvalue weighted by Gasteiger charge is -2.19. The zero-order valence-corrected chi connectivity index (χ0v) is 15.6. The lowest BCUT2D eigenvalue weighted by molar-refractivity contribution is 0.0636. The summed E-state index contributed by atoms with van der Waals surface area (Å²) in [4.78, 5) is 20.2. The van der Waals surface area contributed by atoms with Crippen molar-refractivity contribution in [1.29, 1.82) is 0 Å². The molecule has 2 heterocycles. The van der Waals surface area contributed by atoms with E-state index in [-0.39, 0.29) is 0 Å². The van der Waals surface area contributed by atoms with Gasteiger partial charge in [0, 0.05) is 31.1 Å². The molecule has 0 atom stereocenters. The van der Waals surface area contributed by atoms with Gasteiger partial charge in [-0.3, -0.25) is 10.00 Å². The summed E-state index contributed by atoms with van der Waals surface area (Å²) >= 11 is 0. The van der Waals surface area contributed by atoms with Crippen molar-refractivity contribution in [1.82, 2.24) is 19.7 Å². The molecule has 27 heavy (non-hydrogen) atoms. The molecule has 0 fully saturated rings. The Morgan fingerprint density at radius 3 is 2.63 bits per heavy atom. The molecule has 1 amide bonds. The van der Waals surface area contributed by atoms with Gasteiger partial charge in [-0.1, -0.05) is 6.07 Å². The summed E-state index contributed by atoms with van der Waals surface area (Å²) in [6.45, 7) is 5.42. The fraction of sp³-hybridized carbons (Fsp3) is 0.263. The molecule has 0 bridgehead atoms. The van der Waals surface area contributed by atoms with Crippen molar-refractivity contribution in [3.63, 3.8) is 0 Å². The lowest BCUT2D eigenvalue weighted by atomic mass is 10.2. The van der Waals surface area contributed by atoms with Gasteiger partial charge >= 0.3 is 6.09 Å². The molecule has 0 spiro atoms. The van der Waals surface area contributed by atoms with Crippen LogP contribution in [0.3, 0.4) is 0 Å². The van der Waals surface area contributed by atoms with Gasteiger partial charge < -0.3 is 9.47 Å². The van der Waals surface area contributed by atoms with Gasteiger partial charge in [0.05, 0.1) is 5.69 Å². The molecule has 140 valence electrons. The van der Waals surface area contributed by atoms with Crippen LogP contribution in [0.1, 0.15) is 20.8 Å². The SMILES string of the molecule is Cn1ccc(-c2cc(Oc3cccc(NC(=O)OC(C)(C)C)c3)ncn2)n1. The molecule has 8 nitrogen and oxygen atoms in total. The first-order valence-electron chi connectivity index (χ1n) is 8.38. The average molecular weight is 367 g/mol. The lowest BCUT2D eigenvalue weighted by Crippen LogP contribution is -2.27. The monoisotopic (exact) mass is 367 g/mol. The summed E-state index contributed by atoms with van der Waals surface area (Å²) in [6.07, 6.45) is 2.73. The van der Waals surface area contributed by atoms with Crippen molar-refractivity contribution >= 4 is 11.8 Å². The number of anilines is 1. The number of hydrogen-bond acceptors (Lipinski definition) is 6. The maximum atomic E-state index is 11.9. The Kier molecular flexibility index (Phi) is 5.07. The zero-order valence-electron chi connectivity index (χ0n) is 15.6. The summed E-state index contributed by atoms with van der Waals surface area (Å²) < 4.78 is 12.7. The Balaban J connectivity index is 1.72. The van der Waals surface area contributed by atoms with Crippen molar-refractivity contribution in [2.75, 3.05) is 5.32 Å². The molecule has 1 N–H and O–H groups in total. The van der Waals surface area contributed by atoms with Gasteiger partial charge in [-0.05, 0) is 39.0 Å². The molecule has 0 aliphatic rings. The Morgan fingerprint density at radius 2 is 1.93 bits per heavy atom. The van der Waals surface area contributed by atoms with Gasteiger partial charge in [0.15, 0.2) is 0 Å². The zero-order chi connectivity index (χ0) is 19.4. The van der Waals surface area contributed by atoms with E-state index in [2.05, 4.69) is 20.4 Å². The molecular formula is C19H21N5O3. The fourth-order valence-corrected chi connectivity index (χ4v) is 2.27. The minimum Gasteiger partial charge on any atom is -0.444 e. The second-order valence-electron chi connectivity index (χ2n) is 6.87. The summed E-state index contributed by atoms with van der Waals surface area (Å²) in [6, 6.07) is 10.5. The maximum absolute atomic E-state index is 11.9. The number of nitrogens with one attached hydrogen (secondary N) is 1. The van der Waals surface area contributed by atoms with Gasteiger partial charge in [-0.15, -0.1) is 0 Å². The fourth-order valence-electron chi connectivity index (χ4n) is 2.27. The van der Waals surface area contributed by atoms with Crippen molar-refractivity contribution in [3.8, 4) is 23.0 Å². The molecule has 1 aromatic carbocycles. The van der Waals surface area contributed by atoms with E-state index in [1.807, 2.05) is 19.3 Å². The van der Waals surface area contributed by atoms with E-state index in [0.29, 0.717) is 23.0 Å². The van der Waals surface area contributed by atoms with Crippen LogP contribution in [-0.2, 0) is 11.8 Å². The Bertz CT molecular complexity index is 946. The van der Waals surface area contributed by atoms with Crippen LogP contribution in [0.15, 0.2) is 48.9 Å². The molecular weight excluding hydrogens is 346 g/mol. The third kappa shape index (κ3) is 5.27. The van der Waals surface area contributed by atoms with Crippen LogP contribution in [0.4, 0.5) is 10.5 Å². The van der Waals surface area contributed by atoms with E-state index in [1.165, 1.54) is 6.33 Å². The third-order valence-electron chi connectivity index (χ3n) is 3.32. The van der Waals surface area contributed by atoms with Crippen LogP contribution in [0.5, 0.6) is 11.6 Å². The number of benzene rings is 1. The largest absolute Gasteiger partial charge is 0.444 e. The van der Waals surface area contributed by atoms with Gasteiger partial charge in [0.25, 0.3) is 0 Å². The standard InChI is InChI=1S/C19H21N5O3/c1-19(2,3)27-18(25)22-13-6-5-7-14(10-13)26-17-11-16(20-12-21-17)15-8-9-24(4)23-15/h5-12H,1-4H3,(H,22,25). The molecule has 0 aliphatic carbocycles. The highest BCUT2D eigenvalue weighted by molar-refractivity contribution is 5.85. The number of carbonyl (C=O) groups is 1. The van der Waals surface area contributed by atoms with E-state index < -0.39 is 11.7 Å². The number of aromatic nitrogens is 4. The molecule has 0 saturated carbocycles. The topological polar surface area (TPSA) is 91.2 Å². The molecule has 0 radical (unpaired) electrons. The van der Waals surface area contributed by atoms with E-state index in [4.69, 9.17) is 9.47 Å². The van der Waals surface area contributed by atoms with Gasteiger partial charge in [0.1, 0.15) is 23.4 Å². The number of aryl methyl sites for hydroxylation is 1. The maximum Gasteiger partial charge on any atom is 0.412 e. The van der Waals surface area contributed by atoms with Gasteiger partial charge in [-0.25, -0.2) is 14.8 Å². The molecule has 2 aromatic heterocycles. The molecule has 3 aromatic rings. The first kappa shape index (κ1) is 18.4. The first-order chi connectivity index (χ1) is 12.8. The van der Waals surface area contributed by atoms with Crippen LogP contribution in [-0.4, -0.2) is 31.4 Å². The van der Waals surface area contributed by atoms with Crippen LogP contribution >= 0.6 is 0 Å². The number of hydrogen-bond donors (Lipinski definition) is 1. The highest BCUT2D eigenvalue weighted by atomic mass is 16.6. The van der Waals surface area contributed by atoms with Crippen LogP contribution in [0.2, 0.25) is 0 Å². The molecule has 8 heteroatoms. The highest BCUT2D eigenvalue weighted by Gasteiger charge is 2.16. The van der Waals surface area contributed by atoms with Crippen molar-refractivity contribution in [2.45, 2.75) is 26.4 Å². The minimum atomic E-state index is -0.568. The van der Waals surface area contributed by atoms with Gasteiger partial charge in [-0.2, -0.15) is 5.10 Å². The summed E-state index contributed by atoms with van der Waals surface area (Å²) in [5, 5.41) is 6.99. The minimum absolute atomic E-state index is 0.375. The first-order valence-corrected chi connectivity index (χ1v) is 8.38. The smallest absolute Gasteiger partial charge is 0.412 e. The number of ether oxygens (including phenoxy) is 2. The van der Waals surface area contributed by atoms with Crippen molar-refractivity contribution in [3.05, 3.63) is 48.9 Å². The summed E-state index contributed by atoms with van der Waals surface area (Å²) in [5.74, 6) is 0.898. The van der Waals surface area contributed by atoms with Crippen molar-refractivity contribution < 1.29 is 14.3 Å². The number of amides is 1. The van der Waals surface area contributed by atoms with E-state index in [1.54, 1.807) is 55.8 Å². The van der Waals surface area contributed by atoms with Crippen LogP contribution in [0.25, 0.3) is 11.4 Å². The Hall–Kier alpha value is -3.42. The quantitative estimate of drug-likeness (QED) is 0.749. The summed E-state index contributed by atoms with van der Waals surface area (Å²) in [7, 11) is 1.84. The van der Waals surface area contributed by atoms with Crippen LogP contribution in [0, 0.1) is 0 Å². The van der Waals surface area contributed by atoms with E-state index in [0.717, 1.165) is 5.69 Å². The third-order valence-corrected chi connectivity index (χ3v) is 3.32. The highest BCUT2D eigenvalue weighted by Crippen LogP contribution is 2.25. The predicted octanol–water partition coefficient (Wildman–Crippen LogP) is 4.02. The average Bonchev–Trinajstić information content (AvgIpc) is 3.00. The Morgan fingerprint density at radius 1 is 1.11 bits per heavy atom. The predicted molar refractivity (Wildman–Crippen MR) is 101 cm³/mol. The number of rotatable bonds is 4. The van der Waals surface area contributed by atoms with E-state index in [9.17, 15) is 4.79 Å². The molecule has 0 saturated heterocycles. The van der Waals surface area contributed by atoms with Gasteiger partial charge in [0.2, 0.25) is 5.88 Å². The normalized spacial score (nSPS) is 11.1. The second-order valence-corrected chi connectivity index (χ2v) is 6.87. The molecule has 0 aliphatic heterocycles. The summed E-state index contributed by atoms with van der Waals surface area (Å²) in [5.41, 5.74) is 1.37. The Labute approximate surface area is 157 Å². The molecule has 3 rings (SSSR count). The number of carbonyl (C=O) groups excluding carboxylic acids is 1. The van der Waals surface area contributed by atoms with Crippen LogP contribution < -0.4 is 10.1 Å². The molecule has 0 unspecified atom stereocenters. The van der Waals surface area contributed by atoms with Crippen molar-refractivity contribution in [2.24, 2.45) is 7.05 Å².